The summed E-state index contributed by atoms with van der Waals surface area (Å²) in [5.41, 5.74) is 6.20. The van der Waals surface area contributed by atoms with Crippen molar-refractivity contribution in [2.24, 2.45) is 0 Å². The molecule has 0 aliphatic heterocycles. The fourth-order valence-electron chi connectivity index (χ4n) is 1.49. The van der Waals surface area contributed by atoms with Gasteiger partial charge in [0.1, 0.15) is 12.4 Å². The Morgan fingerprint density at radius 3 is 2.42 bits per heavy atom. The van der Waals surface area contributed by atoms with Crippen LogP contribution in [0, 0.1) is 0 Å². The number of anilines is 1. The molecule has 0 fully saturated rings. The molecule has 0 amide bonds. The molecule has 0 spiro atoms. The summed E-state index contributed by atoms with van der Waals surface area (Å²) in [6, 6.07) is 7.58. The molecule has 1 aromatic heterocycles. The Labute approximate surface area is 112 Å². The third kappa shape index (κ3) is 3.84. The van der Waals surface area contributed by atoms with Crippen LogP contribution in [0.1, 0.15) is 19.0 Å². The van der Waals surface area contributed by atoms with Crippen LogP contribution in [0.25, 0.3) is 0 Å². The van der Waals surface area contributed by atoms with Gasteiger partial charge in [-0.25, -0.2) is 4.98 Å². The van der Waals surface area contributed by atoms with Crippen molar-refractivity contribution in [3.8, 4) is 11.5 Å². The second kappa shape index (κ2) is 6.58. The Balaban J connectivity index is 2.00. The van der Waals surface area contributed by atoms with Crippen molar-refractivity contribution >= 4 is 5.82 Å². The maximum atomic E-state index is 5.69. The number of hydrogen-bond donors (Lipinski definition) is 1. The lowest BCUT2D eigenvalue weighted by atomic mass is 10.3. The van der Waals surface area contributed by atoms with Crippen LogP contribution < -0.4 is 15.2 Å². The zero-order chi connectivity index (χ0) is 13.5. The molecule has 1 aromatic carbocycles. The molecule has 1 heterocycles. The van der Waals surface area contributed by atoms with E-state index in [1.54, 1.807) is 6.20 Å². The first-order chi connectivity index (χ1) is 9.29. The van der Waals surface area contributed by atoms with Gasteiger partial charge < -0.3 is 15.2 Å². The van der Waals surface area contributed by atoms with Crippen LogP contribution in [0.5, 0.6) is 11.5 Å². The zero-order valence-corrected chi connectivity index (χ0v) is 10.9. The van der Waals surface area contributed by atoms with Gasteiger partial charge in [-0.2, -0.15) is 0 Å². The number of nitrogen functional groups attached to an aromatic ring is 1. The van der Waals surface area contributed by atoms with Gasteiger partial charge in [-0.1, -0.05) is 19.1 Å². The number of hydrogen-bond acceptors (Lipinski definition) is 5. The highest BCUT2D eigenvalue weighted by molar-refractivity contribution is 5.39. The van der Waals surface area contributed by atoms with Crippen molar-refractivity contribution in [1.29, 1.82) is 0 Å². The van der Waals surface area contributed by atoms with Gasteiger partial charge in [0.2, 0.25) is 0 Å². The minimum absolute atomic E-state index is 0.333. The van der Waals surface area contributed by atoms with E-state index < -0.39 is 0 Å². The second-order valence-corrected chi connectivity index (χ2v) is 4.02. The maximum absolute atomic E-state index is 5.69. The van der Waals surface area contributed by atoms with Gasteiger partial charge in [-0.15, -0.1) is 0 Å². The third-order valence-corrected chi connectivity index (χ3v) is 2.41. The summed E-state index contributed by atoms with van der Waals surface area (Å²) in [7, 11) is 0. The maximum Gasteiger partial charge on any atom is 0.161 e. The van der Waals surface area contributed by atoms with E-state index in [9.17, 15) is 0 Å². The summed E-state index contributed by atoms with van der Waals surface area (Å²) in [6.07, 6.45) is 4.07. The Morgan fingerprint density at radius 1 is 1.05 bits per heavy atom. The summed E-state index contributed by atoms with van der Waals surface area (Å²) in [4.78, 5) is 8.10. The van der Waals surface area contributed by atoms with Crippen molar-refractivity contribution in [2.45, 2.75) is 20.0 Å². The predicted octanol–water partition coefficient (Wildman–Crippen LogP) is 2.43. The number of ether oxygens (including phenoxy) is 2. The number of nitrogens with zero attached hydrogens (tertiary/aromatic N) is 2. The van der Waals surface area contributed by atoms with E-state index in [2.05, 4.69) is 16.9 Å². The standard InChI is InChI=1S/C14H17N3O2/c1-2-7-18-12-5-3-4-6-13(12)19-10-11-8-17-14(15)9-16-11/h3-6,8-9H,2,7,10H2,1H3,(H2,15,17). The molecule has 0 aliphatic carbocycles. The number of para-hydroxylation sites is 2. The monoisotopic (exact) mass is 259 g/mol. The van der Waals surface area contributed by atoms with Gasteiger partial charge >= 0.3 is 0 Å². The van der Waals surface area contributed by atoms with Gasteiger partial charge in [0.15, 0.2) is 11.5 Å². The van der Waals surface area contributed by atoms with Crippen molar-refractivity contribution in [3.05, 3.63) is 42.4 Å². The van der Waals surface area contributed by atoms with Crippen LogP contribution in [-0.2, 0) is 6.61 Å². The Hall–Kier alpha value is -2.30. The van der Waals surface area contributed by atoms with E-state index in [0.717, 1.165) is 17.9 Å². The van der Waals surface area contributed by atoms with E-state index in [1.807, 2.05) is 24.3 Å². The summed E-state index contributed by atoms with van der Waals surface area (Å²) in [5.74, 6) is 1.85. The summed E-state index contributed by atoms with van der Waals surface area (Å²) >= 11 is 0. The average molecular weight is 259 g/mol. The largest absolute Gasteiger partial charge is 0.490 e. The zero-order valence-electron chi connectivity index (χ0n) is 10.9. The molecule has 5 nitrogen and oxygen atoms in total. The highest BCUT2D eigenvalue weighted by atomic mass is 16.5. The Kier molecular flexibility index (Phi) is 4.55. The molecular weight excluding hydrogens is 242 g/mol. The molecule has 0 bridgehead atoms. The van der Waals surface area contributed by atoms with E-state index in [1.165, 1.54) is 6.20 Å². The number of rotatable bonds is 6. The van der Waals surface area contributed by atoms with Crippen LogP contribution in [0.15, 0.2) is 36.7 Å². The highest BCUT2D eigenvalue weighted by Crippen LogP contribution is 2.27. The average Bonchev–Trinajstić information content (AvgIpc) is 2.45. The SMILES string of the molecule is CCCOc1ccccc1OCc1cnc(N)cn1. The van der Waals surface area contributed by atoms with Crippen LogP contribution >= 0.6 is 0 Å². The van der Waals surface area contributed by atoms with Crippen LogP contribution in [0.3, 0.4) is 0 Å². The van der Waals surface area contributed by atoms with Gasteiger partial charge in [0.25, 0.3) is 0 Å². The van der Waals surface area contributed by atoms with Gasteiger partial charge in [-0.3, -0.25) is 4.98 Å². The fraction of sp³-hybridized carbons (Fsp3) is 0.286. The predicted molar refractivity (Wildman–Crippen MR) is 73.0 cm³/mol. The lowest BCUT2D eigenvalue weighted by molar-refractivity contribution is 0.259. The lowest BCUT2D eigenvalue weighted by Crippen LogP contribution is -2.03. The second-order valence-electron chi connectivity index (χ2n) is 4.02. The topological polar surface area (TPSA) is 70.3 Å². The third-order valence-electron chi connectivity index (χ3n) is 2.41. The minimum Gasteiger partial charge on any atom is -0.490 e. The number of nitrogens with two attached hydrogens (primary N) is 1. The molecule has 0 unspecified atom stereocenters. The molecule has 0 atom stereocenters. The van der Waals surface area contributed by atoms with Crippen LogP contribution in [-0.4, -0.2) is 16.6 Å². The molecule has 0 radical (unpaired) electrons. The summed E-state index contributed by atoms with van der Waals surface area (Å²) in [6.45, 7) is 3.06. The van der Waals surface area contributed by atoms with Crippen molar-refractivity contribution in [2.75, 3.05) is 12.3 Å². The fourth-order valence-corrected chi connectivity index (χ4v) is 1.49. The van der Waals surface area contributed by atoms with Gasteiger partial charge in [-0.05, 0) is 18.6 Å². The van der Waals surface area contributed by atoms with E-state index in [-0.39, 0.29) is 0 Å². The van der Waals surface area contributed by atoms with Gasteiger partial charge in [0.05, 0.1) is 24.7 Å². The van der Waals surface area contributed by atoms with E-state index >= 15 is 0 Å². The number of aromatic nitrogens is 2. The molecule has 100 valence electrons. The molecule has 2 rings (SSSR count). The summed E-state index contributed by atoms with van der Waals surface area (Å²) in [5, 5.41) is 0. The molecule has 0 aliphatic rings. The first-order valence-electron chi connectivity index (χ1n) is 6.20. The van der Waals surface area contributed by atoms with Gasteiger partial charge in [0, 0.05) is 0 Å². The Bertz CT molecular complexity index is 514. The molecule has 2 aromatic rings. The molecule has 2 N–H and O–H groups in total. The molecule has 0 saturated heterocycles. The normalized spacial score (nSPS) is 10.2. The molecular formula is C14H17N3O2. The number of benzene rings is 1. The first kappa shape index (κ1) is 13.1. The van der Waals surface area contributed by atoms with Crippen molar-refractivity contribution in [3.63, 3.8) is 0 Å². The first-order valence-corrected chi connectivity index (χ1v) is 6.20. The van der Waals surface area contributed by atoms with E-state index in [0.29, 0.717) is 24.8 Å². The molecule has 19 heavy (non-hydrogen) atoms. The molecule has 0 saturated carbocycles. The highest BCUT2D eigenvalue weighted by Gasteiger charge is 2.04. The quantitative estimate of drug-likeness (QED) is 0.862. The molecule has 5 heteroatoms. The lowest BCUT2D eigenvalue weighted by Gasteiger charge is -2.11. The van der Waals surface area contributed by atoms with Crippen molar-refractivity contribution in [1.82, 2.24) is 9.97 Å². The smallest absolute Gasteiger partial charge is 0.161 e. The Morgan fingerprint density at radius 2 is 1.79 bits per heavy atom. The van der Waals surface area contributed by atoms with E-state index in [4.69, 9.17) is 15.2 Å². The minimum atomic E-state index is 0.333. The van der Waals surface area contributed by atoms with Crippen LogP contribution in [0.2, 0.25) is 0 Å². The summed E-state index contributed by atoms with van der Waals surface area (Å²) < 4.78 is 11.3. The van der Waals surface area contributed by atoms with Crippen LogP contribution in [0.4, 0.5) is 5.82 Å². The van der Waals surface area contributed by atoms with Crippen molar-refractivity contribution < 1.29 is 9.47 Å².